The zero-order chi connectivity index (χ0) is 14.6. The first kappa shape index (κ1) is 15.2. The van der Waals surface area contributed by atoms with Gasteiger partial charge in [0.25, 0.3) is 14.6 Å². The van der Waals surface area contributed by atoms with Gasteiger partial charge in [0.1, 0.15) is 6.54 Å². The monoisotopic (exact) mass is 307 g/mol. The summed E-state index contributed by atoms with van der Waals surface area (Å²) in [4.78, 5) is 35.0. The van der Waals surface area contributed by atoms with Gasteiger partial charge in [-0.05, 0) is 0 Å². The van der Waals surface area contributed by atoms with Crippen molar-refractivity contribution in [3.05, 3.63) is 39.7 Å². The Bertz CT molecular complexity index is 718. The molecular formula is C9H10ClN3O5S. The lowest BCUT2D eigenvalue weighted by atomic mass is 10.5. The van der Waals surface area contributed by atoms with Crippen molar-refractivity contribution >= 4 is 25.6 Å². The number of hydrogen-bond donors (Lipinski definition) is 2. The molecule has 0 unspecified atom stereocenters. The van der Waals surface area contributed by atoms with Crippen LogP contribution in [0.1, 0.15) is 0 Å². The van der Waals surface area contributed by atoms with Crippen molar-refractivity contribution in [3.8, 4) is 0 Å². The topological polar surface area (TPSA) is 118 Å². The SMILES string of the molecule is C=CCNC(=O)Cn1cc(S(=O)(=O)Cl)c(=O)[nH]c1=O. The lowest BCUT2D eigenvalue weighted by Crippen LogP contribution is -2.37. The summed E-state index contributed by atoms with van der Waals surface area (Å²) in [7, 11) is 0.727. The van der Waals surface area contributed by atoms with Crippen LogP contribution in [0.3, 0.4) is 0 Å². The van der Waals surface area contributed by atoms with Crippen molar-refractivity contribution in [3.63, 3.8) is 0 Å². The number of nitrogens with one attached hydrogen (secondary N) is 2. The zero-order valence-electron chi connectivity index (χ0n) is 9.55. The summed E-state index contributed by atoms with van der Waals surface area (Å²) >= 11 is 0. The van der Waals surface area contributed by atoms with Gasteiger partial charge < -0.3 is 5.32 Å². The standard InChI is InChI=1S/C9H10ClN3O5S/c1-2-3-11-7(14)5-13-4-6(19(10,17)18)8(15)12-9(13)16/h2,4H,1,3,5H2,(H,11,14)(H,12,15,16). The summed E-state index contributed by atoms with van der Waals surface area (Å²) in [6.07, 6.45) is 2.15. The molecule has 1 heterocycles. The molecule has 0 fully saturated rings. The number of halogens is 1. The van der Waals surface area contributed by atoms with E-state index in [-0.39, 0.29) is 6.54 Å². The number of rotatable bonds is 5. The van der Waals surface area contributed by atoms with E-state index in [2.05, 4.69) is 11.9 Å². The largest absolute Gasteiger partial charge is 0.351 e. The van der Waals surface area contributed by atoms with E-state index in [1.54, 1.807) is 4.98 Å². The van der Waals surface area contributed by atoms with Crippen LogP contribution in [-0.4, -0.2) is 30.4 Å². The number of carbonyl (C=O) groups is 1. The van der Waals surface area contributed by atoms with Gasteiger partial charge in [0.15, 0.2) is 4.90 Å². The fourth-order valence-electron chi connectivity index (χ4n) is 1.18. The van der Waals surface area contributed by atoms with Crippen molar-refractivity contribution in [1.82, 2.24) is 14.9 Å². The normalized spacial score (nSPS) is 11.0. The third-order valence-electron chi connectivity index (χ3n) is 2.00. The molecule has 0 aliphatic rings. The molecule has 0 saturated carbocycles. The van der Waals surface area contributed by atoms with Crippen LogP contribution < -0.4 is 16.6 Å². The van der Waals surface area contributed by atoms with E-state index in [9.17, 15) is 22.8 Å². The van der Waals surface area contributed by atoms with Gasteiger partial charge in [0.05, 0.1) is 0 Å². The van der Waals surface area contributed by atoms with Crippen LogP contribution >= 0.6 is 10.7 Å². The third-order valence-corrected chi connectivity index (χ3v) is 3.31. The molecule has 0 aliphatic heterocycles. The maximum absolute atomic E-state index is 11.4. The van der Waals surface area contributed by atoms with Gasteiger partial charge in [-0.2, -0.15) is 0 Å². The number of carbonyl (C=O) groups excluding carboxylic acids is 1. The average Bonchev–Trinajstić information content (AvgIpc) is 2.28. The molecule has 1 aromatic rings. The van der Waals surface area contributed by atoms with E-state index in [1.807, 2.05) is 0 Å². The minimum Gasteiger partial charge on any atom is -0.351 e. The first-order chi connectivity index (χ1) is 8.75. The number of aromatic nitrogens is 2. The highest BCUT2D eigenvalue weighted by Gasteiger charge is 2.18. The Balaban J connectivity index is 3.16. The number of nitrogens with zero attached hydrogens (tertiary/aromatic N) is 1. The summed E-state index contributed by atoms with van der Waals surface area (Å²) in [6.45, 7) is 3.12. The van der Waals surface area contributed by atoms with Crippen molar-refractivity contribution in [2.45, 2.75) is 11.4 Å². The molecule has 2 N–H and O–H groups in total. The van der Waals surface area contributed by atoms with Crippen molar-refractivity contribution in [2.75, 3.05) is 6.54 Å². The van der Waals surface area contributed by atoms with Crippen molar-refractivity contribution in [2.24, 2.45) is 0 Å². The summed E-state index contributed by atoms with van der Waals surface area (Å²) in [5.41, 5.74) is -2.05. The molecule has 0 saturated heterocycles. The van der Waals surface area contributed by atoms with Crippen LogP contribution in [-0.2, 0) is 20.4 Å². The third kappa shape index (κ3) is 4.07. The van der Waals surface area contributed by atoms with Crippen LogP contribution in [0, 0.1) is 0 Å². The maximum atomic E-state index is 11.4. The van der Waals surface area contributed by atoms with Crippen LogP contribution in [0.5, 0.6) is 0 Å². The van der Waals surface area contributed by atoms with Gasteiger partial charge in [-0.25, -0.2) is 13.2 Å². The molecule has 1 aromatic heterocycles. The van der Waals surface area contributed by atoms with E-state index in [1.165, 1.54) is 6.08 Å². The highest BCUT2D eigenvalue weighted by Crippen LogP contribution is 2.07. The predicted octanol–water partition coefficient (Wildman–Crippen LogP) is -1.23. The van der Waals surface area contributed by atoms with Gasteiger partial charge in [-0.3, -0.25) is 19.1 Å². The molecule has 1 rings (SSSR count). The number of H-pyrrole nitrogens is 1. The summed E-state index contributed by atoms with van der Waals surface area (Å²) < 4.78 is 22.9. The molecule has 0 atom stereocenters. The molecule has 0 aliphatic carbocycles. The van der Waals surface area contributed by atoms with Crippen LogP contribution in [0.25, 0.3) is 0 Å². The average molecular weight is 308 g/mol. The molecule has 0 aromatic carbocycles. The van der Waals surface area contributed by atoms with Crippen molar-refractivity contribution in [1.29, 1.82) is 0 Å². The molecular weight excluding hydrogens is 298 g/mol. The lowest BCUT2D eigenvalue weighted by Gasteiger charge is -2.06. The summed E-state index contributed by atoms with van der Waals surface area (Å²) in [6, 6.07) is 0. The lowest BCUT2D eigenvalue weighted by molar-refractivity contribution is -0.121. The van der Waals surface area contributed by atoms with Crippen LogP contribution in [0.15, 0.2) is 33.3 Å². The van der Waals surface area contributed by atoms with E-state index in [0.717, 1.165) is 10.8 Å². The second-order valence-corrected chi connectivity index (χ2v) is 5.95. The zero-order valence-corrected chi connectivity index (χ0v) is 11.1. The van der Waals surface area contributed by atoms with Crippen LogP contribution in [0.2, 0.25) is 0 Å². The molecule has 19 heavy (non-hydrogen) atoms. The first-order valence-corrected chi connectivity index (χ1v) is 7.22. The Hall–Kier alpha value is -1.87. The molecule has 8 nitrogen and oxygen atoms in total. The van der Waals surface area contributed by atoms with Gasteiger partial charge >= 0.3 is 5.69 Å². The quantitative estimate of drug-likeness (QED) is 0.521. The smallest absolute Gasteiger partial charge is 0.328 e. The Labute approximate surface area is 112 Å². The maximum Gasteiger partial charge on any atom is 0.328 e. The fraction of sp³-hybridized carbons (Fsp3) is 0.222. The highest BCUT2D eigenvalue weighted by atomic mass is 35.7. The minimum atomic E-state index is -4.30. The summed E-state index contributed by atoms with van der Waals surface area (Å²) in [5.74, 6) is -0.549. The van der Waals surface area contributed by atoms with E-state index in [4.69, 9.17) is 10.7 Å². The van der Waals surface area contributed by atoms with Gasteiger partial charge in [-0.15, -0.1) is 6.58 Å². The second-order valence-electron chi connectivity index (χ2n) is 3.41. The number of aromatic amines is 1. The van der Waals surface area contributed by atoms with Gasteiger partial charge in [0, 0.05) is 23.4 Å². The Morgan fingerprint density at radius 3 is 2.68 bits per heavy atom. The highest BCUT2D eigenvalue weighted by molar-refractivity contribution is 8.13. The molecule has 1 amide bonds. The summed E-state index contributed by atoms with van der Waals surface area (Å²) in [5, 5.41) is 2.39. The minimum absolute atomic E-state index is 0.192. The van der Waals surface area contributed by atoms with E-state index in [0.29, 0.717) is 0 Å². The molecule has 0 radical (unpaired) electrons. The second kappa shape index (κ2) is 5.85. The number of amides is 1. The van der Waals surface area contributed by atoms with Gasteiger partial charge in [-0.1, -0.05) is 6.08 Å². The van der Waals surface area contributed by atoms with Crippen molar-refractivity contribution < 1.29 is 13.2 Å². The molecule has 104 valence electrons. The molecule has 0 bridgehead atoms. The Morgan fingerprint density at radius 1 is 1.53 bits per heavy atom. The van der Waals surface area contributed by atoms with E-state index >= 15 is 0 Å². The Kier molecular flexibility index (Phi) is 4.67. The first-order valence-electron chi connectivity index (χ1n) is 4.91. The Morgan fingerprint density at radius 2 is 2.16 bits per heavy atom. The number of hydrogen-bond acceptors (Lipinski definition) is 5. The van der Waals surface area contributed by atoms with E-state index < -0.39 is 37.6 Å². The molecule has 10 heteroatoms. The van der Waals surface area contributed by atoms with Gasteiger partial charge in [0.2, 0.25) is 5.91 Å². The molecule has 0 spiro atoms. The fourth-order valence-corrected chi connectivity index (χ4v) is 2.03. The predicted molar refractivity (Wildman–Crippen MR) is 67.6 cm³/mol. The van der Waals surface area contributed by atoms with Crippen LogP contribution in [0.4, 0.5) is 0 Å².